The van der Waals surface area contributed by atoms with Gasteiger partial charge in [-0.2, -0.15) is 0 Å². The van der Waals surface area contributed by atoms with E-state index in [9.17, 15) is 13.2 Å². The second kappa shape index (κ2) is 7.42. The highest BCUT2D eigenvalue weighted by Crippen LogP contribution is 2.44. The van der Waals surface area contributed by atoms with Crippen molar-refractivity contribution in [1.29, 1.82) is 0 Å². The minimum absolute atomic E-state index is 0.0486. The zero-order chi connectivity index (χ0) is 21.6. The molecule has 0 fully saturated rings. The van der Waals surface area contributed by atoms with Crippen LogP contribution in [0.15, 0.2) is 71.6 Å². The summed E-state index contributed by atoms with van der Waals surface area (Å²) in [4.78, 5) is 14.5. The number of hydrogen-bond donors (Lipinski definition) is 1. The lowest BCUT2D eigenvalue weighted by Crippen LogP contribution is -2.32. The Bertz CT molecular complexity index is 1250. The first kappa shape index (κ1) is 19.6. The predicted octanol–water partition coefficient (Wildman–Crippen LogP) is 4.68. The summed E-state index contributed by atoms with van der Waals surface area (Å²) in [5, 5.41) is 0. The maximum atomic E-state index is 13.1. The summed E-state index contributed by atoms with van der Waals surface area (Å²) in [6, 6.07) is 19.5. The molecule has 0 aromatic heterocycles. The Balaban J connectivity index is 1.40. The number of nitrogens with zero attached hydrogens (tertiary/aromatic N) is 1. The Labute approximate surface area is 181 Å². The minimum atomic E-state index is -3.79. The summed E-state index contributed by atoms with van der Waals surface area (Å²) in [6.07, 6.45) is 1.61. The number of carbonyl (C=O) groups excluding carboxylic acids is 1. The lowest BCUT2D eigenvalue weighted by molar-refractivity contribution is -0.119. The number of rotatable bonds is 5. The number of ether oxygens (including phenoxy) is 1. The molecule has 0 radical (unpaired) electrons. The van der Waals surface area contributed by atoms with Gasteiger partial charge in [0.1, 0.15) is 11.5 Å². The number of nitrogens with one attached hydrogen (secondary N) is 1. The first-order valence-corrected chi connectivity index (χ1v) is 11.7. The molecule has 0 aliphatic carbocycles. The van der Waals surface area contributed by atoms with E-state index in [-0.39, 0.29) is 16.7 Å². The molecule has 2 heterocycles. The molecule has 1 atom stereocenters. The number of carbonyl (C=O) groups is 1. The molecule has 2 aliphatic heterocycles. The van der Waals surface area contributed by atoms with Crippen LogP contribution in [0.3, 0.4) is 0 Å². The fraction of sp³-hybridized carbons (Fsp3) is 0.208. The van der Waals surface area contributed by atoms with E-state index in [0.717, 1.165) is 29.7 Å². The van der Waals surface area contributed by atoms with Gasteiger partial charge < -0.3 is 9.64 Å². The Kier molecular flexibility index (Phi) is 4.70. The maximum Gasteiger partial charge on any atom is 0.261 e. The highest BCUT2D eigenvalue weighted by Gasteiger charge is 2.38. The average Bonchev–Trinajstić information content (AvgIpc) is 3.02. The molecule has 3 aromatic rings. The number of hydrogen-bond acceptors (Lipinski definition) is 4. The number of para-hydroxylation sites is 1. The number of anilines is 2. The maximum absolute atomic E-state index is 13.1. The van der Waals surface area contributed by atoms with Crippen LogP contribution in [-0.2, 0) is 21.2 Å². The quantitative estimate of drug-likeness (QED) is 0.633. The molecule has 2 aliphatic rings. The van der Waals surface area contributed by atoms with Crippen molar-refractivity contribution < 1.29 is 17.9 Å². The predicted molar refractivity (Wildman–Crippen MR) is 119 cm³/mol. The SMILES string of the molecule is CC1C(=O)N2CCCc3cc(S(=O)(=O)Nc4ccc(Oc5ccccc5)cc4)cc1c32. The van der Waals surface area contributed by atoms with E-state index in [0.29, 0.717) is 23.7 Å². The number of amides is 1. The number of benzene rings is 3. The van der Waals surface area contributed by atoms with Crippen molar-refractivity contribution in [1.82, 2.24) is 0 Å². The molecule has 5 rings (SSSR count). The van der Waals surface area contributed by atoms with Crippen LogP contribution in [0.2, 0.25) is 0 Å². The Hall–Kier alpha value is -3.32. The molecule has 3 aromatic carbocycles. The fourth-order valence-corrected chi connectivity index (χ4v) is 5.39. The van der Waals surface area contributed by atoms with Crippen LogP contribution >= 0.6 is 0 Å². The fourth-order valence-electron chi connectivity index (χ4n) is 4.25. The van der Waals surface area contributed by atoms with Gasteiger partial charge >= 0.3 is 0 Å². The summed E-state index contributed by atoms with van der Waals surface area (Å²) in [5.74, 6) is 1.05. The van der Waals surface area contributed by atoms with Gasteiger partial charge in [-0.05, 0) is 79.4 Å². The zero-order valence-electron chi connectivity index (χ0n) is 17.0. The van der Waals surface area contributed by atoms with E-state index < -0.39 is 10.0 Å². The van der Waals surface area contributed by atoms with E-state index in [2.05, 4.69) is 4.72 Å². The van der Waals surface area contributed by atoms with Crippen LogP contribution in [-0.4, -0.2) is 20.9 Å². The van der Waals surface area contributed by atoms with E-state index in [1.165, 1.54) is 0 Å². The third-order valence-electron chi connectivity index (χ3n) is 5.79. The monoisotopic (exact) mass is 434 g/mol. The Morgan fingerprint density at radius 1 is 1.00 bits per heavy atom. The average molecular weight is 435 g/mol. The van der Waals surface area contributed by atoms with Gasteiger partial charge in [-0.3, -0.25) is 9.52 Å². The molecule has 0 saturated carbocycles. The molecule has 6 nitrogen and oxygen atoms in total. The topological polar surface area (TPSA) is 75.7 Å². The molecular weight excluding hydrogens is 412 g/mol. The van der Waals surface area contributed by atoms with E-state index in [1.54, 1.807) is 41.3 Å². The Morgan fingerprint density at radius 2 is 1.71 bits per heavy atom. The summed E-state index contributed by atoms with van der Waals surface area (Å²) in [6.45, 7) is 2.54. The van der Waals surface area contributed by atoms with Gasteiger partial charge in [-0.15, -0.1) is 0 Å². The van der Waals surface area contributed by atoms with Gasteiger partial charge in [-0.1, -0.05) is 18.2 Å². The molecule has 1 unspecified atom stereocenters. The minimum Gasteiger partial charge on any atom is -0.457 e. The van der Waals surface area contributed by atoms with Crippen LogP contribution in [0.25, 0.3) is 0 Å². The molecule has 31 heavy (non-hydrogen) atoms. The van der Waals surface area contributed by atoms with Crippen LogP contribution in [0.5, 0.6) is 11.5 Å². The van der Waals surface area contributed by atoms with Gasteiger partial charge in [0, 0.05) is 12.2 Å². The molecule has 1 amide bonds. The van der Waals surface area contributed by atoms with Crippen molar-refractivity contribution in [3.8, 4) is 11.5 Å². The van der Waals surface area contributed by atoms with Gasteiger partial charge in [-0.25, -0.2) is 8.42 Å². The lowest BCUT2D eigenvalue weighted by Gasteiger charge is -2.26. The van der Waals surface area contributed by atoms with E-state index >= 15 is 0 Å². The molecule has 0 saturated heterocycles. The van der Waals surface area contributed by atoms with Crippen LogP contribution in [0.4, 0.5) is 11.4 Å². The molecule has 0 bridgehead atoms. The smallest absolute Gasteiger partial charge is 0.261 e. The normalized spacial score (nSPS) is 17.4. The lowest BCUT2D eigenvalue weighted by atomic mass is 9.97. The van der Waals surface area contributed by atoms with E-state index in [4.69, 9.17) is 4.74 Å². The molecular formula is C24H22N2O4S. The highest BCUT2D eigenvalue weighted by molar-refractivity contribution is 7.92. The molecule has 0 spiro atoms. The number of sulfonamides is 1. The van der Waals surface area contributed by atoms with Crippen LogP contribution in [0, 0.1) is 0 Å². The summed E-state index contributed by atoms with van der Waals surface area (Å²) in [5.41, 5.74) is 3.08. The van der Waals surface area contributed by atoms with Crippen LogP contribution in [0.1, 0.15) is 30.4 Å². The zero-order valence-corrected chi connectivity index (χ0v) is 17.9. The first-order valence-electron chi connectivity index (χ1n) is 10.3. The van der Waals surface area contributed by atoms with Crippen molar-refractivity contribution in [3.05, 3.63) is 77.9 Å². The van der Waals surface area contributed by atoms with Crippen molar-refractivity contribution in [2.75, 3.05) is 16.2 Å². The molecule has 1 N–H and O–H groups in total. The van der Waals surface area contributed by atoms with Crippen molar-refractivity contribution in [3.63, 3.8) is 0 Å². The number of aryl methyl sites for hydroxylation is 1. The van der Waals surface area contributed by atoms with E-state index in [1.807, 2.05) is 37.3 Å². The second-order valence-corrected chi connectivity index (χ2v) is 9.56. The standard InChI is InChI=1S/C24H22N2O4S/c1-16-22-15-21(14-17-6-5-13-26(23(17)22)24(16)27)31(28,29)25-18-9-11-20(12-10-18)30-19-7-3-2-4-8-19/h2-4,7-12,14-16,25H,5-6,13H2,1H3. The van der Waals surface area contributed by atoms with Gasteiger partial charge in [0.05, 0.1) is 16.5 Å². The largest absolute Gasteiger partial charge is 0.457 e. The Morgan fingerprint density at radius 3 is 2.45 bits per heavy atom. The summed E-state index contributed by atoms with van der Waals surface area (Å²) < 4.78 is 34.6. The van der Waals surface area contributed by atoms with Gasteiger partial charge in [0.15, 0.2) is 0 Å². The summed E-state index contributed by atoms with van der Waals surface area (Å²) >= 11 is 0. The van der Waals surface area contributed by atoms with Crippen LogP contribution < -0.4 is 14.4 Å². The highest BCUT2D eigenvalue weighted by atomic mass is 32.2. The summed E-state index contributed by atoms with van der Waals surface area (Å²) in [7, 11) is -3.79. The van der Waals surface area contributed by atoms with Crippen molar-refractivity contribution in [2.45, 2.75) is 30.6 Å². The molecule has 7 heteroatoms. The molecule has 158 valence electrons. The van der Waals surface area contributed by atoms with Gasteiger partial charge in [0.2, 0.25) is 5.91 Å². The van der Waals surface area contributed by atoms with Gasteiger partial charge in [0.25, 0.3) is 10.0 Å². The van der Waals surface area contributed by atoms with Crippen molar-refractivity contribution in [2.24, 2.45) is 0 Å². The third kappa shape index (κ3) is 3.55. The second-order valence-electron chi connectivity index (χ2n) is 7.88. The van der Waals surface area contributed by atoms with Crippen molar-refractivity contribution >= 4 is 27.3 Å². The third-order valence-corrected chi connectivity index (χ3v) is 7.15. The first-order chi connectivity index (χ1) is 14.9.